The number of halogens is 4. The van der Waals surface area contributed by atoms with Gasteiger partial charge in [-0.3, -0.25) is 4.79 Å². The Morgan fingerprint density at radius 1 is 1.16 bits per heavy atom. The number of hydrogen-bond donors (Lipinski definition) is 3. The van der Waals surface area contributed by atoms with Crippen molar-refractivity contribution in [2.75, 3.05) is 23.3 Å². The van der Waals surface area contributed by atoms with Gasteiger partial charge in [0.05, 0.1) is 26.6 Å². The Hall–Kier alpha value is -2.34. The van der Waals surface area contributed by atoms with Crippen molar-refractivity contribution in [2.45, 2.75) is 41.0 Å². The Balaban J connectivity index is 1.81. The van der Waals surface area contributed by atoms with Crippen LogP contribution in [0, 0.1) is 0 Å². The Morgan fingerprint density at radius 3 is 2.25 bits per heavy atom. The van der Waals surface area contributed by atoms with E-state index >= 15 is 0 Å². The molecule has 3 rings (SSSR count). The summed E-state index contributed by atoms with van der Waals surface area (Å²) in [4.78, 5) is 13.5. The van der Waals surface area contributed by atoms with Crippen LogP contribution in [0.4, 0.5) is 24.5 Å². The molecule has 0 radical (unpaired) electrons. The number of aliphatic hydroxyl groups is 2. The van der Waals surface area contributed by atoms with E-state index < -0.39 is 33.6 Å². The third-order valence-corrected chi connectivity index (χ3v) is 7.25. The summed E-state index contributed by atoms with van der Waals surface area (Å²) in [6.45, 7) is 1.40. The zero-order chi connectivity index (χ0) is 23.9. The molecule has 32 heavy (non-hydrogen) atoms. The lowest BCUT2D eigenvalue weighted by atomic mass is 10.1. The average Bonchev–Trinajstić information content (AvgIpc) is 3.15. The maximum absolute atomic E-state index is 12.9. The number of amides is 1. The first-order chi connectivity index (χ1) is 14.7. The average molecular weight is 493 g/mol. The van der Waals surface area contributed by atoms with E-state index in [0.29, 0.717) is 26.4 Å². The Labute approximate surface area is 187 Å². The first-order valence-electron chi connectivity index (χ1n) is 9.42. The third kappa shape index (κ3) is 4.70. The van der Waals surface area contributed by atoms with Crippen molar-refractivity contribution < 1.29 is 36.6 Å². The molecule has 3 N–H and O–H groups in total. The van der Waals surface area contributed by atoms with Crippen LogP contribution in [0.15, 0.2) is 52.3 Å². The van der Waals surface area contributed by atoms with Crippen molar-refractivity contribution in [1.82, 2.24) is 0 Å². The number of sulfone groups is 1. The minimum Gasteiger partial charge on any atom is -0.391 e. The van der Waals surface area contributed by atoms with E-state index in [2.05, 4.69) is 0 Å². The molecule has 1 amide bonds. The van der Waals surface area contributed by atoms with Gasteiger partial charge in [0, 0.05) is 18.8 Å². The van der Waals surface area contributed by atoms with Gasteiger partial charge in [-0.15, -0.1) is 0 Å². The molecule has 0 saturated carbocycles. The molecule has 1 aliphatic rings. The second kappa shape index (κ2) is 8.54. The summed E-state index contributed by atoms with van der Waals surface area (Å²) >= 11 is 5.98. The monoisotopic (exact) mass is 492 g/mol. The van der Waals surface area contributed by atoms with Gasteiger partial charge in [-0.1, -0.05) is 11.6 Å². The number of nitrogens with zero attached hydrogens (tertiary/aromatic N) is 1. The number of alkyl halides is 3. The van der Waals surface area contributed by atoms with Gasteiger partial charge in [0.2, 0.25) is 15.4 Å². The van der Waals surface area contributed by atoms with Crippen molar-refractivity contribution in [3.05, 3.63) is 47.5 Å². The molecule has 1 saturated heterocycles. The number of anilines is 2. The van der Waals surface area contributed by atoms with Crippen LogP contribution in [0.3, 0.4) is 0 Å². The molecule has 0 aromatic heterocycles. The second-order valence-corrected chi connectivity index (χ2v) is 9.91. The standard InChI is InChI=1S/C20H20ClF3N2O5S/c1-19(29,20(22,23)24)18(28)25-17-7-6-15(10-16(17)21)32(30,31)14-4-2-12(3-5-14)26-9-8-13(27)11-26/h2-7,10,13,27,29H,8-9,11H2,1H3,(H,25,28)/t13?,19-/m1/s1. The highest BCUT2D eigenvalue weighted by Gasteiger charge is 2.55. The largest absolute Gasteiger partial charge is 0.426 e. The highest BCUT2D eigenvalue weighted by Crippen LogP contribution is 2.34. The van der Waals surface area contributed by atoms with Crippen LogP contribution >= 0.6 is 11.6 Å². The summed E-state index contributed by atoms with van der Waals surface area (Å²) in [5, 5.41) is 20.6. The zero-order valence-electron chi connectivity index (χ0n) is 16.7. The molecule has 12 heteroatoms. The molecule has 1 unspecified atom stereocenters. The van der Waals surface area contributed by atoms with Gasteiger partial charge in [-0.25, -0.2) is 8.42 Å². The lowest BCUT2D eigenvalue weighted by Crippen LogP contribution is -2.52. The number of aliphatic hydroxyl groups excluding tert-OH is 1. The first-order valence-corrected chi connectivity index (χ1v) is 11.3. The van der Waals surface area contributed by atoms with E-state index in [9.17, 15) is 36.6 Å². The van der Waals surface area contributed by atoms with E-state index in [1.54, 1.807) is 12.1 Å². The molecule has 0 spiro atoms. The maximum Gasteiger partial charge on any atom is 0.426 e. The van der Waals surface area contributed by atoms with E-state index in [1.807, 2.05) is 10.2 Å². The molecular weight excluding hydrogens is 473 g/mol. The van der Waals surface area contributed by atoms with E-state index in [1.165, 1.54) is 12.1 Å². The molecule has 2 aromatic rings. The smallest absolute Gasteiger partial charge is 0.391 e. The van der Waals surface area contributed by atoms with Crippen LogP contribution in [-0.4, -0.2) is 55.5 Å². The van der Waals surface area contributed by atoms with Gasteiger partial charge in [0.1, 0.15) is 0 Å². The predicted octanol–water partition coefficient (Wildman–Crippen LogP) is 3.00. The fourth-order valence-electron chi connectivity index (χ4n) is 3.09. The van der Waals surface area contributed by atoms with Crippen molar-refractivity contribution in [2.24, 2.45) is 0 Å². The lowest BCUT2D eigenvalue weighted by Gasteiger charge is -2.25. The number of benzene rings is 2. The first kappa shape index (κ1) is 24.3. The Kier molecular flexibility index (Phi) is 6.49. The molecular formula is C20H20ClF3N2O5S. The summed E-state index contributed by atoms with van der Waals surface area (Å²) in [7, 11) is -4.00. The third-order valence-electron chi connectivity index (χ3n) is 5.17. The molecule has 0 bridgehead atoms. The Bertz CT molecular complexity index is 1120. The molecule has 1 heterocycles. The molecule has 1 aliphatic heterocycles. The van der Waals surface area contributed by atoms with Crippen molar-refractivity contribution in [3.63, 3.8) is 0 Å². The number of nitrogens with one attached hydrogen (secondary N) is 1. The van der Waals surface area contributed by atoms with Crippen molar-refractivity contribution in [3.8, 4) is 0 Å². The number of β-amino-alcohol motifs (C(OH)–C–C–N with tert-alkyl or cyclic N) is 1. The van der Waals surface area contributed by atoms with Crippen LogP contribution in [0.2, 0.25) is 5.02 Å². The number of carbonyl (C=O) groups is 1. The van der Waals surface area contributed by atoms with E-state index in [-0.39, 0.29) is 20.5 Å². The zero-order valence-corrected chi connectivity index (χ0v) is 18.3. The fraction of sp³-hybridized carbons (Fsp3) is 0.350. The van der Waals surface area contributed by atoms with Gasteiger partial charge < -0.3 is 20.4 Å². The molecule has 7 nitrogen and oxygen atoms in total. The van der Waals surface area contributed by atoms with Crippen molar-refractivity contribution >= 4 is 38.7 Å². The van der Waals surface area contributed by atoms with Crippen LogP contribution in [0.1, 0.15) is 13.3 Å². The molecule has 1 fully saturated rings. The van der Waals surface area contributed by atoms with Gasteiger partial charge in [0.25, 0.3) is 5.91 Å². The maximum atomic E-state index is 12.9. The fourth-order valence-corrected chi connectivity index (χ4v) is 4.66. The summed E-state index contributed by atoms with van der Waals surface area (Å²) in [6, 6.07) is 9.16. The summed E-state index contributed by atoms with van der Waals surface area (Å²) < 4.78 is 64.2. The summed E-state index contributed by atoms with van der Waals surface area (Å²) in [5.74, 6) is -1.76. The van der Waals surface area contributed by atoms with Crippen LogP contribution in [0.25, 0.3) is 0 Å². The van der Waals surface area contributed by atoms with Crippen LogP contribution in [0.5, 0.6) is 0 Å². The highest BCUT2D eigenvalue weighted by atomic mass is 35.5. The number of rotatable bonds is 5. The number of carbonyl (C=O) groups excluding carboxylic acids is 1. The quantitative estimate of drug-likeness (QED) is 0.592. The summed E-state index contributed by atoms with van der Waals surface area (Å²) in [6.07, 6.45) is -5.02. The van der Waals surface area contributed by atoms with Gasteiger partial charge in [-0.2, -0.15) is 13.2 Å². The highest BCUT2D eigenvalue weighted by molar-refractivity contribution is 7.91. The molecule has 0 aliphatic carbocycles. The van der Waals surface area contributed by atoms with Gasteiger partial charge in [-0.05, 0) is 55.8 Å². The van der Waals surface area contributed by atoms with Crippen molar-refractivity contribution in [1.29, 1.82) is 0 Å². The normalized spacial score (nSPS) is 19.0. The predicted molar refractivity (Wildman–Crippen MR) is 111 cm³/mol. The molecule has 2 aromatic carbocycles. The minimum absolute atomic E-state index is 0.0335. The molecule has 2 atom stereocenters. The minimum atomic E-state index is -5.22. The number of hydrogen-bond acceptors (Lipinski definition) is 6. The SMILES string of the molecule is C[C@@](O)(C(=O)Nc1ccc(S(=O)(=O)c2ccc(N3CCC(O)C3)cc2)cc1Cl)C(F)(F)F. The topological polar surface area (TPSA) is 107 Å². The van der Waals surface area contributed by atoms with E-state index in [0.717, 1.165) is 23.9 Å². The Morgan fingerprint density at radius 2 is 1.75 bits per heavy atom. The summed E-state index contributed by atoms with van der Waals surface area (Å²) in [5.41, 5.74) is -3.19. The van der Waals surface area contributed by atoms with Crippen LogP contribution in [-0.2, 0) is 14.6 Å². The van der Waals surface area contributed by atoms with Crippen LogP contribution < -0.4 is 10.2 Å². The van der Waals surface area contributed by atoms with E-state index in [4.69, 9.17) is 11.6 Å². The van der Waals surface area contributed by atoms with Gasteiger partial charge >= 0.3 is 6.18 Å². The molecule has 174 valence electrons. The second-order valence-electron chi connectivity index (χ2n) is 7.55. The van der Waals surface area contributed by atoms with Gasteiger partial charge in [0.15, 0.2) is 0 Å². The lowest BCUT2D eigenvalue weighted by molar-refractivity contribution is -0.242.